The third-order valence-electron chi connectivity index (χ3n) is 8.17. The summed E-state index contributed by atoms with van der Waals surface area (Å²) in [4.78, 5) is 11.5. The number of allylic oxidation sites excluding steroid dienone is 6. The van der Waals surface area contributed by atoms with Gasteiger partial charge in [0.15, 0.2) is 0 Å². The highest BCUT2D eigenvalue weighted by molar-refractivity contribution is 5.70. The Hall–Kier alpha value is -1.31. The molecule has 0 aliphatic heterocycles. The Morgan fingerprint density at radius 1 is 1.00 bits per heavy atom. The Labute approximate surface area is 151 Å². The van der Waals surface area contributed by atoms with Gasteiger partial charge in [-0.3, -0.25) is 4.79 Å². The van der Waals surface area contributed by atoms with E-state index in [1.54, 1.807) is 16.7 Å². The molecule has 0 aromatic rings. The molecule has 134 valence electrons. The summed E-state index contributed by atoms with van der Waals surface area (Å²) in [5.74, 6) is 3.02. The van der Waals surface area contributed by atoms with Crippen molar-refractivity contribution < 1.29 is 9.90 Å². The van der Waals surface area contributed by atoms with Crippen LogP contribution >= 0.6 is 0 Å². The maximum atomic E-state index is 11.5. The Kier molecular flexibility index (Phi) is 3.91. The zero-order chi connectivity index (χ0) is 17.0. The normalized spacial score (nSPS) is 42.6. The molecule has 1 N–H and O–H groups in total. The van der Waals surface area contributed by atoms with Crippen LogP contribution in [0.2, 0.25) is 0 Å². The second kappa shape index (κ2) is 6.14. The van der Waals surface area contributed by atoms with E-state index in [-0.39, 0.29) is 5.92 Å². The minimum absolute atomic E-state index is 0.0781. The van der Waals surface area contributed by atoms with E-state index in [1.165, 1.54) is 44.9 Å². The Balaban J connectivity index is 1.43. The van der Waals surface area contributed by atoms with Crippen LogP contribution in [0.25, 0.3) is 0 Å². The molecule has 0 saturated heterocycles. The number of hydrogen-bond donors (Lipinski definition) is 1. The van der Waals surface area contributed by atoms with Gasteiger partial charge in [0.05, 0.1) is 5.92 Å². The minimum atomic E-state index is -0.550. The van der Waals surface area contributed by atoms with E-state index in [1.807, 2.05) is 0 Å². The Bertz CT molecular complexity index is 668. The van der Waals surface area contributed by atoms with Gasteiger partial charge in [-0.25, -0.2) is 0 Å². The molecule has 25 heavy (non-hydrogen) atoms. The molecule has 0 bridgehead atoms. The summed E-state index contributed by atoms with van der Waals surface area (Å²) in [6.07, 6.45) is 19.6. The van der Waals surface area contributed by atoms with Gasteiger partial charge in [-0.15, -0.1) is 0 Å². The highest BCUT2D eigenvalue weighted by Gasteiger charge is 2.48. The lowest BCUT2D eigenvalue weighted by Crippen LogP contribution is -2.44. The topological polar surface area (TPSA) is 37.3 Å². The van der Waals surface area contributed by atoms with Gasteiger partial charge in [-0.05, 0) is 99.0 Å². The van der Waals surface area contributed by atoms with E-state index in [9.17, 15) is 9.90 Å². The van der Waals surface area contributed by atoms with E-state index in [4.69, 9.17) is 0 Å². The smallest absolute Gasteiger partial charge is 0.306 e. The van der Waals surface area contributed by atoms with Gasteiger partial charge in [0.1, 0.15) is 0 Å². The third-order valence-corrected chi connectivity index (χ3v) is 8.17. The van der Waals surface area contributed by atoms with E-state index < -0.39 is 5.97 Å². The van der Waals surface area contributed by atoms with Gasteiger partial charge < -0.3 is 5.11 Å². The van der Waals surface area contributed by atoms with E-state index in [0.29, 0.717) is 11.8 Å². The van der Waals surface area contributed by atoms with Crippen molar-refractivity contribution in [3.05, 3.63) is 34.9 Å². The van der Waals surface area contributed by atoms with E-state index in [0.717, 1.165) is 37.0 Å². The molecule has 5 rings (SSSR count). The molecular weight excluding hydrogens is 308 g/mol. The van der Waals surface area contributed by atoms with E-state index >= 15 is 0 Å². The average Bonchev–Trinajstić information content (AvgIpc) is 2.66. The van der Waals surface area contributed by atoms with Gasteiger partial charge >= 0.3 is 5.97 Å². The molecular formula is C23H30O2. The van der Waals surface area contributed by atoms with Crippen molar-refractivity contribution in [3.63, 3.8) is 0 Å². The lowest BCUT2D eigenvalue weighted by molar-refractivity contribution is -0.145. The number of rotatable bonds is 1. The highest BCUT2D eigenvalue weighted by atomic mass is 16.4. The van der Waals surface area contributed by atoms with Crippen molar-refractivity contribution in [1.82, 2.24) is 0 Å². The molecule has 5 aliphatic carbocycles. The quantitative estimate of drug-likeness (QED) is 0.684. The van der Waals surface area contributed by atoms with Crippen molar-refractivity contribution in [2.24, 2.45) is 35.5 Å². The largest absolute Gasteiger partial charge is 0.481 e. The van der Waals surface area contributed by atoms with Gasteiger partial charge in [0.2, 0.25) is 0 Å². The van der Waals surface area contributed by atoms with Crippen molar-refractivity contribution in [2.75, 3.05) is 0 Å². The fourth-order valence-electron chi connectivity index (χ4n) is 7.04. The van der Waals surface area contributed by atoms with Gasteiger partial charge in [0.25, 0.3) is 0 Å². The third kappa shape index (κ3) is 2.55. The summed E-state index contributed by atoms with van der Waals surface area (Å²) in [5, 5.41) is 9.51. The zero-order valence-electron chi connectivity index (χ0n) is 15.1. The van der Waals surface area contributed by atoms with Crippen LogP contribution in [0.3, 0.4) is 0 Å². The summed E-state index contributed by atoms with van der Waals surface area (Å²) < 4.78 is 0. The molecule has 0 spiro atoms. The molecule has 3 fully saturated rings. The molecule has 0 heterocycles. The molecule has 2 heteroatoms. The molecule has 2 nitrogen and oxygen atoms in total. The Morgan fingerprint density at radius 2 is 1.88 bits per heavy atom. The lowest BCUT2D eigenvalue weighted by atomic mass is 9.52. The van der Waals surface area contributed by atoms with Crippen molar-refractivity contribution in [2.45, 2.75) is 64.2 Å². The summed E-state index contributed by atoms with van der Waals surface area (Å²) in [6.45, 7) is 0. The van der Waals surface area contributed by atoms with Crippen LogP contribution < -0.4 is 0 Å². The second-order valence-electron chi connectivity index (χ2n) is 9.16. The molecule has 0 aromatic heterocycles. The standard InChI is InChI=1S/C23H30O2/c24-23(25)16-6-5-15-8-10-20-19-9-7-14-3-1-2-4-17(14)18(19)11-12-21(20)22(15)13-16/h4,7,9,15-16,18,20-22H,1-3,5-6,8,10-13H2,(H,24,25). The molecule has 6 atom stereocenters. The second-order valence-corrected chi connectivity index (χ2v) is 9.16. The van der Waals surface area contributed by atoms with Crippen molar-refractivity contribution >= 4 is 5.97 Å². The van der Waals surface area contributed by atoms with Crippen LogP contribution in [-0.4, -0.2) is 11.1 Å². The van der Waals surface area contributed by atoms with Crippen LogP contribution in [0.15, 0.2) is 34.9 Å². The first-order valence-corrected chi connectivity index (χ1v) is 10.6. The maximum Gasteiger partial charge on any atom is 0.306 e. The number of carbonyl (C=O) groups is 1. The van der Waals surface area contributed by atoms with E-state index in [2.05, 4.69) is 18.2 Å². The number of carboxylic acids is 1. The van der Waals surface area contributed by atoms with Crippen LogP contribution in [0.5, 0.6) is 0 Å². The Morgan fingerprint density at radius 3 is 2.76 bits per heavy atom. The molecule has 5 aliphatic rings. The highest BCUT2D eigenvalue weighted by Crippen LogP contribution is 2.57. The van der Waals surface area contributed by atoms with Crippen LogP contribution in [-0.2, 0) is 4.79 Å². The maximum absolute atomic E-state index is 11.5. The van der Waals surface area contributed by atoms with Gasteiger partial charge in [0, 0.05) is 5.92 Å². The fourth-order valence-corrected chi connectivity index (χ4v) is 7.04. The zero-order valence-corrected chi connectivity index (χ0v) is 15.1. The fraction of sp³-hybridized carbons (Fsp3) is 0.696. The molecule has 0 amide bonds. The SMILES string of the molecule is O=C(O)C1CCC2CCC3C4=CC=C5CCCC=C5C4CCC3C2C1. The first-order valence-electron chi connectivity index (χ1n) is 10.6. The van der Waals surface area contributed by atoms with Crippen LogP contribution in [0.4, 0.5) is 0 Å². The summed E-state index contributed by atoms with van der Waals surface area (Å²) in [7, 11) is 0. The number of carboxylic acid groups (broad SMARTS) is 1. The molecule has 0 aromatic carbocycles. The number of hydrogen-bond acceptors (Lipinski definition) is 1. The first kappa shape index (κ1) is 15.9. The number of fused-ring (bicyclic) bond motifs is 7. The lowest BCUT2D eigenvalue weighted by Gasteiger charge is -2.52. The van der Waals surface area contributed by atoms with Crippen molar-refractivity contribution in [1.29, 1.82) is 0 Å². The summed E-state index contributed by atoms with van der Waals surface area (Å²) in [6, 6.07) is 0. The van der Waals surface area contributed by atoms with Crippen LogP contribution in [0.1, 0.15) is 64.2 Å². The van der Waals surface area contributed by atoms with Gasteiger partial charge in [-0.2, -0.15) is 0 Å². The monoisotopic (exact) mass is 338 g/mol. The minimum Gasteiger partial charge on any atom is -0.481 e. The molecule has 0 radical (unpaired) electrons. The first-order chi connectivity index (χ1) is 12.2. The molecule has 6 unspecified atom stereocenters. The summed E-state index contributed by atoms with van der Waals surface area (Å²) >= 11 is 0. The van der Waals surface area contributed by atoms with Crippen LogP contribution in [0, 0.1) is 35.5 Å². The summed E-state index contributed by atoms with van der Waals surface area (Å²) in [5.41, 5.74) is 4.98. The predicted molar refractivity (Wildman–Crippen MR) is 99.0 cm³/mol. The van der Waals surface area contributed by atoms with Crippen molar-refractivity contribution in [3.8, 4) is 0 Å². The molecule has 3 saturated carbocycles. The number of aliphatic carboxylic acids is 1. The average molecular weight is 338 g/mol. The predicted octanol–water partition coefficient (Wildman–Crippen LogP) is 5.52. The van der Waals surface area contributed by atoms with Gasteiger partial charge in [-0.1, -0.05) is 23.8 Å².